The second kappa shape index (κ2) is 12.9. The van der Waals surface area contributed by atoms with E-state index in [1.165, 1.54) is 44.9 Å². The minimum Gasteiger partial charge on any atom is -0.461 e. The Bertz CT molecular complexity index is 271. The molecule has 0 amide bonds. The van der Waals surface area contributed by atoms with Crippen molar-refractivity contribution in [2.45, 2.75) is 90.5 Å². The van der Waals surface area contributed by atoms with Crippen molar-refractivity contribution in [3.8, 4) is 0 Å². The van der Waals surface area contributed by atoms with Crippen molar-refractivity contribution in [1.82, 2.24) is 0 Å². The van der Waals surface area contributed by atoms with E-state index in [9.17, 15) is 4.79 Å². The molecule has 0 fully saturated rings. The van der Waals surface area contributed by atoms with E-state index in [2.05, 4.69) is 35.0 Å². The molecule has 0 aliphatic rings. The Morgan fingerprint density at radius 2 is 1.32 bits per heavy atom. The van der Waals surface area contributed by atoms with Gasteiger partial charge < -0.3 is 9.22 Å². The lowest BCUT2D eigenvalue weighted by atomic mass is 10.0. The van der Waals surface area contributed by atoms with Crippen LogP contribution in [0.15, 0.2) is 0 Å². The summed E-state index contributed by atoms with van der Waals surface area (Å²) in [5.41, 5.74) is 0. The number of nitrogens with zero attached hydrogens (tertiary/aromatic N) is 1. The molecule has 0 spiro atoms. The number of carbonyl (C=O) groups is 1. The first-order valence-electron chi connectivity index (χ1n) is 9.41. The van der Waals surface area contributed by atoms with Gasteiger partial charge in [0.15, 0.2) is 6.04 Å². The van der Waals surface area contributed by atoms with Crippen molar-refractivity contribution < 1.29 is 14.0 Å². The van der Waals surface area contributed by atoms with Crippen LogP contribution in [0, 0.1) is 0 Å². The molecule has 0 saturated heterocycles. The third kappa shape index (κ3) is 11.1. The Morgan fingerprint density at radius 1 is 0.818 bits per heavy atom. The van der Waals surface area contributed by atoms with Crippen molar-refractivity contribution >= 4 is 5.97 Å². The third-order valence-electron chi connectivity index (χ3n) is 4.28. The van der Waals surface area contributed by atoms with Crippen LogP contribution in [0.4, 0.5) is 0 Å². The molecule has 1 unspecified atom stereocenters. The van der Waals surface area contributed by atoms with Crippen molar-refractivity contribution in [1.29, 1.82) is 0 Å². The number of quaternary nitrogens is 1. The Balaban J connectivity index is 3.93. The summed E-state index contributed by atoms with van der Waals surface area (Å²) in [7, 11) is 6.28. The molecule has 0 aliphatic carbocycles. The summed E-state index contributed by atoms with van der Waals surface area (Å²) < 4.78 is 6.11. The standard InChI is InChI=1S/C19H40NO2/c1-6-8-10-11-12-13-14-15-16-18(20(3,4)5)19(21)22-17-9-7-2/h18H,6-17H2,1-5H3/q+1. The molecule has 0 rings (SSSR count). The summed E-state index contributed by atoms with van der Waals surface area (Å²) in [5, 5.41) is 0. The fourth-order valence-electron chi connectivity index (χ4n) is 2.71. The highest BCUT2D eigenvalue weighted by Gasteiger charge is 2.32. The van der Waals surface area contributed by atoms with Crippen LogP contribution in [0.1, 0.15) is 84.5 Å². The second-order valence-corrected chi connectivity index (χ2v) is 7.42. The average molecular weight is 315 g/mol. The zero-order valence-electron chi connectivity index (χ0n) is 15.8. The van der Waals surface area contributed by atoms with Crippen LogP contribution in [-0.2, 0) is 9.53 Å². The lowest BCUT2D eigenvalue weighted by molar-refractivity contribution is -0.887. The van der Waals surface area contributed by atoms with Crippen LogP contribution in [0.5, 0.6) is 0 Å². The highest BCUT2D eigenvalue weighted by Crippen LogP contribution is 2.16. The Morgan fingerprint density at radius 3 is 1.82 bits per heavy atom. The monoisotopic (exact) mass is 314 g/mol. The van der Waals surface area contributed by atoms with Gasteiger partial charge in [-0.1, -0.05) is 65.2 Å². The number of carbonyl (C=O) groups excluding carboxylic acids is 1. The third-order valence-corrected chi connectivity index (χ3v) is 4.28. The number of likely N-dealkylation sites (N-methyl/N-ethyl adjacent to an activating group) is 1. The van der Waals surface area contributed by atoms with E-state index in [1.807, 2.05) is 0 Å². The summed E-state index contributed by atoms with van der Waals surface area (Å²) in [6.45, 7) is 4.94. The highest BCUT2D eigenvalue weighted by molar-refractivity contribution is 5.74. The second-order valence-electron chi connectivity index (χ2n) is 7.42. The lowest BCUT2D eigenvalue weighted by Crippen LogP contribution is -2.50. The molecule has 0 aromatic heterocycles. The normalized spacial score (nSPS) is 13.1. The van der Waals surface area contributed by atoms with E-state index >= 15 is 0 Å². The lowest BCUT2D eigenvalue weighted by Gasteiger charge is -2.32. The van der Waals surface area contributed by atoms with Gasteiger partial charge in [0.25, 0.3) is 0 Å². The van der Waals surface area contributed by atoms with Gasteiger partial charge in [-0.15, -0.1) is 0 Å². The van der Waals surface area contributed by atoms with Crippen LogP contribution in [0.25, 0.3) is 0 Å². The first-order valence-corrected chi connectivity index (χ1v) is 9.41. The predicted octanol–water partition coefficient (Wildman–Crippen LogP) is 4.94. The minimum absolute atomic E-state index is 0.0103. The first-order chi connectivity index (χ1) is 10.4. The molecular weight excluding hydrogens is 274 g/mol. The zero-order valence-corrected chi connectivity index (χ0v) is 15.8. The largest absolute Gasteiger partial charge is 0.461 e. The van der Waals surface area contributed by atoms with Crippen LogP contribution in [0.2, 0.25) is 0 Å². The SMILES string of the molecule is CCCCCCCCCCC(C(=O)OCCCC)[N+](C)(C)C. The van der Waals surface area contributed by atoms with E-state index in [-0.39, 0.29) is 12.0 Å². The van der Waals surface area contributed by atoms with Crippen LogP contribution >= 0.6 is 0 Å². The van der Waals surface area contributed by atoms with Crippen molar-refractivity contribution in [2.75, 3.05) is 27.7 Å². The van der Waals surface area contributed by atoms with Gasteiger partial charge in [0.2, 0.25) is 0 Å². The molecule has 22 heavy (non-hydrogen) atoms. The molecule has 0 aromatic carbocycles. The van der Waals surface area contributed by atoms with Gasteiger partial charge in [0, 0.05) is 6.42 Å². The average Bonchev–Trinajstić information content (AvgIpc) is 2.44. The molecule has 1 atom stereocenters. The Kier molecular flexibility index (Phi) is 12.6. The minimum atomic E-state index is -0.0167. The quantitative estimate of drug-likeness (QED) is 0.258. The highest BCUT2D eigenvalue weighted by atomic mass is 16.5. The van der Waals surface area contributed by atoms with E-state index in [1.54, 1.807) is 0 Å². The summed E-state index contributed by atoms with van der Waals surface area (Å²) in [6, 6.07) is -0.0167. The van der Waals surface area contributed by atoms with Gasteiger partial charge in [-0.3, -0.25) is 0 Å². The number of ether oxygens (including phenoxy) is 1. The van der Waals surface area contributed by atoms with E-state index < -0.39 is 0 Å². The molecular formula is C19H40NO2+. The topological polar surface area (TPSA) is 26.3 Å². The molecule has 132 valence electrons. The molecule has 0 bridgehead atoms. The molecule has 0 saturated carbocycles. The Hall–Kier alpha value is -0.570. The first kappa shape index (κ1) is 21.4. The summed E-state index contributed by atoms with van der Waals surface area (Å²) in [4.78, 5) is 12.3. The molecule has 0 radical (unpaired) electrons. The number of rotatable bonds is 14. The molecule has 0 N–H and O–H groups in total. The number of unbranched alkanes of at least 4 members (excludes halogenated alkanes) is 8. The van der Waals surface area contributed by atoms with Gasteiger partial charge in [-0.2, -0.15) is 0 Å². The van der Waals surface area contributed by atoms with Gasteiger partial charge in [-0.25, -0.2) is 4.79 Å². The van der Waals surface area contributed by atoms with Crippen molar-refractivity contribution in [3.05, 3.63) is 0 Å². The number of hydrogen-bond donors (Lipinski definition) is 0. The van der Waals surface area contributed by atoms with Gasteiger partial charge in [0.1, 0.15) is 0 Å². The smallest absolute Gasteiger partial charge is 0.364 e. The van der Waals surface area contributed by atoms with Gasteiger partial charge in [-0.05, 0) is 12.8 Å². The van der Waals surface area contributed by atoms with Gasteiger partial charge in [0.05, 0.1) is 27.7 Å². The summed E-state index contributed by atoms with van der Waals surface area (Å²) in [5.74, 6) is -0.0103. The van der Waals surface area contributed by atoms with Crippen LogP contribution < -0.4 is 0 Å². The fraction of sp³-hybridized carbons (Fsp3) is 0.947. The molecule has 3 heteroatoms. The molecule has 0 heterocycles. The number of esters is 1. The van der Waals surface area contributed by atoms with Gasteiger partial charge >= 0.3 is 5.97 Å². The van der Waals surface area contributed by atoms with Crippen LogP contribution in [-0.4, -0.2) is 44.2 Å². The zero-order chi connectivity index (χ0) is 16.8. The van der Waals surface area contributed by atoms with E-state index in [4.69, 9.17) is 4.74 Å². The Labute approximate surface area is 139 Å². The molecule has 3 nitrogen and oxygen atoms in total. The van der Waals surface area contributed by atoms with Crippen molar-refractivity contribution in [3.63, 3.8) is 0 Å². The predicted molar refractivity (Wildman–Crippen MR) is 94.9 cm³/mol. The molecule has 0 aromatic rings. The maximum atomic E-state index is 12.3. The summed E-state index contributed by atoms with van der Waals surface area (Å²) >= 11 is 0. The fourth-order valence-corrected chi connectivity index (χ4v) is 2.71. The molecule has 0 aliphatic heterocycles. The number of hydrogen-bond acceptors (Lipinski definition) is 2. The van der Waals surface area contributed by atoms with Crippen molar-refractivity contribution in [2.24, 2.45) is 0 Å². The van der Waals surface area contributed by atoms with Crippen LogP contribution in [0.3, 0.4) is 0 Å². The maximum Gasteiger partial charge on any atom is 0.364 e. The summed E-state index contributed by atoms with van der Waals surface area (Å²) in [6.07, 6.45) is 13.4. The maximum absolute atomic E-state index is 12.3. The van der Waals surface area contributed by atoms with E-state index in [0.29, 0.717) is 11.1 Å². The van der Waals surface area contributed by atoms with E-state index in [0.717, 1.165) is 25.7 Å².